The molecule has 2 aromatic rings. The Morgan fingerprint density at radius 1 is 1.11 bits per heavy atom. The summed E-state index contributed by atoms with van der Waals surface area (Å²) in [4.78, 5) is 18.4. The minimum Gasteiger partial charge on any atom is -0.341 e. The van der Waals surface area contributed by atoms with Gasteiger partial charge in [-0.15, -0.1) is 0 Å². The van der Waals surface area contributed by atoms with E-state index in [0.717, 1.165) is 64.0 Å². The molecule has 3 heterocycles. The van der Waals surface area contributed by atoms with Crippen LogP contribution in [-0.4, -0.2) is 67.6 Å². The molecule has 0 aliphatic carbocycles. The van der Waals surface area contributed by atoms with Crippen molar-refractivity contribution in [2.24, 2.45) is 0 Å². The smallest absolute Gasteiger partial charge is 0.240 e. The van der Waals surface area contributed by atoms with Gasteiger partial charge in [-0.2, -0.15) is 0 Å². The third-order valence-corrected chi connectivity index (χ3v) is 8.54. The number of hydrogen-bond acceptors (Lipinski definition) is 4. The number of amides is 1. The van der Waals surface area contributed by atoms with Gasteiger partial charge < -0.3 is 15.5 Å². The molecule has 0 radical (unpaired) electrons. The summed E-state index contributed by atoms with van der Waals surface area (Å²) in [6.45, 7) is 4.42. The molecule has 2 saturated heterocycles. The zero-order valence-corrected chi connectivity index (χ0v) is 20.9. The van der Waals surface area contributed by atoms with E-state index in [-0.39, 0.29) is 23.3 Å². The lowest BCUT2D eigenvalue weighted by Gasteiger charge is -2.51. The minimum atomic E-state index is -0.297. The van der Waals surface area contributed by atoms with Crippen LogP contribution in [0.2, 0.25) is 0 Å². The van der Waals surface area contributed by atoms with Crippen LogP contribution in [0.25, 0.3) is 0 Å². The van der Waals surface area contributed by atoms with E-state index in [1.165, 1.54) is 36.1 Å². The highest BCUT2D eigenvalue weighted by molar-refractivity contribution is 5.82. The Morgan fingerprint density at radius 3 is 2.63 bits per heavy atom. The number of carbonyl (C=O) groups is 1. The van der Waals surface area contributed by atoms with Crippen molar-refractivity contribution in [1.29, 1.82) is 0 Å². The SMILES string of the molecule is CN1CCc2ccccc2C12CCN(C(=O)[C@@H](Cc1ccc(F)cc1)NCC1CCCCN1)CC2. The molecule has 35 heavy (non-hydrogen) atoms. The van der Waals surface area contributed by atoms with E-state index in [1.807, 2.05) is 0 Å². The van der Waals surface area contributed by atoms with E-state index in [1.54, 1.807) is 12.1 Å². The molecule has 0 saturated carbocycles. The highest BCUT2D eigenvalue weighted by Gasteiger charge is 2.44. The Bertz CT molecular complexity index is 996. The third kappa shape index (κ3) is 5.30. The van der Waals surface area contributed by atoms with E-state index in [4.69, 9.17) is 0 Å². The second-order valence-corrected chi connectivity index (χ2v) is 10.6. The maximum atomic E-state index is 13.8. The molecule has 1 amide bonds. The first kappa shape index (κ1) is 24.4. The zero-order chi connectivity index (χ0) is 24.3. The van der Waals surface area contributed by atoms with Crippen molar-refractivity contribution >= 4 is 5.91 Å². The molecule has 5 rings (SSSR count). The highest BCUT2D eigenvalue weighted by Crippen LogP contribution is 2.42. The van der Waals surface area contributed by atoms with Crippen molar-refractivity contribution in [2.45, 2.75) is 62.6 Å². The van der Waals surface area contributed by atoms with E-state index >= 15 is 0 Å². The number of carbonyl (C=O) groups excluding carboxylic acids is 1. The number of fused-ring (bicyclic) bond motifs is 2. The summed E-state index contributed by atoms with van der Waals surface area (Å²) in [5.41, 5.74) is 3.92. The van der Waals surface area contributed by atoms with Crippen molar-refractivity contribution in [2.75, 3.05) is 39.8 Å². The summed E-state index contributed by atoms with van der Waals surface area (Å²) in [5.74, 6) is -0.0686. The second kappa shape index (κ2) is 10.8. The predicted molar refractivity (Wildman–Crippen MR) is 138 cm³/mol. The molecule has 2 fully saturated rings. The molecule has 0 bridgehead atoms. The number of benzene rings is 2. The van der Waals surface area contributed by atoms with Gasteiger partial charge in [0.2, 0.25) is 5.91 Å². The lowest BCUT2D eigenvalue weighted by molar-refractivity contribution is -0.136. The van der Waals surface area contributed by atoms with Gasteiger partial charge in [0.25, 0.3) is 0 Å². The van der Waals surface area contributed by atoms with Crippen LogP contribution in [0.15, 0.2) is 48.5 Å². The van der Waals surface area contributed by atoms with Gasteiger partial charge in [-0.25, -0.2) is 4.39 Å². The maximum absolute atomic E-state index is 13.8. The van der Waals surface area contributed by atoms with Gasteiger partial charge in [-0.3, -0.25) is 9.69 Å². The fourth-order valence-electron chi connectivity index (χ4n) is 6.35. The van der Waals surface area contributed by atoms with Crippen LogP contribution in [0.3, 0.4) is 0 Å². The number of halogens is 1. The first-order chi connectivity index (χ1) is 17.0. The van der Waals surface area contributed by atoms with E-state index in [2.05, 4.69) is 51.7 Å². The zero-order valence-electron chi connectivity index (χ0n) is 20.9. The lowest BCUT2D eigenvalue weighted by Crippen LogP contribution is -2.58. The van der Waals surface area contributed by atoms with Gasteiger partial charge in [0.15, 0.2) is 0 Å². The van der Waals surface area contributed by atoms with Crippen LogP contribution in [0, 0.1) is 5.82 Å². The topological polar surface area (TPSA) is 47.6 Å². The van der Waals surface area contributed by atoms with Gasteiger partial charge in [0.1, 0.15) is 5.82 Å². The molecule has 5 nitrogen and oxygen atoms in total. The number of nitrogens with one attached hydrogen (secondary N) is 2. The molecule has 1 spiro atoms. The fraction of sp³-hybridized carbons (Fsp3) is 0.552. The molecular weight excluding hydrogens is 439 g/mol. The quantitative estimate of drug-likeness (QED) is 0.668. The average Bonchev–Trinajstić information content (AvgIpc) is 2.91. The summed E-state index contributed by atoms with van der Waals surface area (Å²) in [6.07, 6.45) is 7.19. The first-order valence-corrected chi connectivity index (χ1v) is 13.3. The molecule has 1 unspecified atom stereocenters. The first-order valence-electron chi connectivity index (χ1n) is 13.3. The molecule has 188 valence electrons. The monoisotopic (exact) mass is 478 g/mol. The summed E-state index contributed by atoms with van der Waals surface area (Å²) < 4.78 is 13.5. The maximum Gasteiger partial charge on any atom is 0.240 e. The van der Waals surface area contributed by atoms with Gasteiger partial charge in [0, 0.05) is 37.8 Å². The molecular formula is C29H39FN4O. The summed E-state index contributed by atoms with van der Waals surface area (Å²) in [6, 6.07) is 15.5. The number of nitrogens with zero attached hydrogens (tertiary/aromatic N) is 2. The highest BCUT2D eigenvalue weighted by atomic mass is 19.1. The number of piperidine rings is 2. The molecule has 6 heteroatoms. The van der Waals surface area contributed by atoms with Crippen molar-refractivity contribution in [3.8, 4) is 0 Å². The van der Waals surface area contributed by atoms with Crippen LogP contribution in [0.4, 0.5) is 4.39 Å². The number of hydrogen-bond donors (Lipinski definition) is 2. The fourth-order valence-corrected chi connectivity index (χ4v) is 6.35. The summed E-state index contributed by atoms with van der Waals surface area (Å²) >= 11 is 0. The Hall–Kier alpha value is -2.28. The van der Waals surface area contributed by atoms with Crippen LogP contribution in [-0.2, 0) is 23.2 Å². The largest absolute Gasteiger partial charge is 0.341 e. The van der Waals surface area contributed by atoms with E-state index in [0.29, 0.717) is 12.5 Å². The lowest BCUT2D eigenvalue weighted by atomic mass is 9.74. The second-order valence-electron chi connectivity index (χ2n) is 10.6. The normalized spacial score (nSPS) is 23.1. The summed E-state index contributed by atoms with van der Waals surface area (Å²) in [7, 11) is 2.24. The van der Waals surface area contributed by atoms with Gasteiger partial charge >= 0.3 is 0 Å². The molecule has 0 aromatic heterocycles. The summed E-state index contributed by atoms with van der Waals surface area (Å²) in [5, 5.41) is 7.16. The number of rotatable bonds is 6. The van der Waals surface area contributed by atoms with Crippen molar-refractivity contribution < 1.29 is 9.18 Å². The van der Waals surface area contributed by atoms with Gasteiger partial charge in [-0.1, -0.05) is 42.8 Å². The Morgan fingerprint density at radius 2 is 1.89 bits per heavy atom. The third-order valence-electron chi connectivity index (χ3n) is 8.54. The number of likely N-dealkylation sites (tertiary alicyclic amines) is 1. The molecule has 2 N–H and O–H groups in total. The van der Waals surface area contributed by atoms with Crippen LogP contribution < -0.4 is 10.6 Å². The van der Waals surface area contributed by atoms with E-state index < -0.39 is 0 Å². The van der Waals surface area contributed by atoms with Crippen LogP contribution in [0.1, 0.15) is 48.8 Å². The molecule has 2 aromatic carbocycles. The van der Waals surface area contributed by atoms with Crippen molar-refractivity contribution in [3.05, 3.63) is 71.0 Å². The van der Waals surface area contributed by atoms with Crippen molar-refractivity contribution in [3.63, 3.8) is 0 Å². The van der Waals surface area contributed by atoms with Gasteiger partial charge in [-0.05, 0) is 80.9 Å². The van der Waals surface area contributed by atoms with Gasteiger partial charge in [0.05, 0.1) is 6.04 Å². The molecule has 3 aliphatic heterocycles. The van der Waals surface area contributed by atoms with Crippen LogP contribution in [0.5, 0.6) is 0 Å². The average molecular weight is 479 g/mol. The van der Waals surface area contributed by atoms with E-state index in [9.17, 15) is 9.18 Å². The predicted octanol–water partition coefficient (Wildman–Crippen LogP) is 3.47. The molecule has 3 aliphatic rings. The standard InChI is InChI=1S/C29H39FN4O/c1-33-17-13-23-6-2-3-8-26(23)29(33)14-18-34(19-15-29)28(35)27(20-22-9-11-24(30)12-10-22)32-21-25-7-4-5-16-31-25/h2-3,6,8-12,25,27,31-32H,4-5,7,13-21H2,1H3/t25?,27-/m1/s1. The Balaban J connectivity index is 1.28. The van der Waals surface area contributed by atoms with Crippen LogP contribution >= 0.6 is 0 Å². The number of likely N-dealkylation sites (N-methyl/N-ethyl adjacent to an activating group) is 1. The molecule has 2 atom stereocenters. The Labute approximate surface area is 209 Å². The Kier molecular flexibility index (Phi) is 7.51. The van der Waals surface area contributed by atoms with Crippen molar-refractivity contribution in [1.82, 2.24) is 20.4 Å². The minimum absolute atomic E-state index is 0.0253.